The molecule has 156 valence electrons. The summed E-state index contributed by atoms with van der Waals surface area (Å²) in [6, 6.07) is 5.42. The molecule has 3 rings (SSSR count). The van der Waals surface area contributed by atoms with Gasteiger partial charge in [-0.3, -0.25) is 14.5 Å². The number of hydrogen-bond donors (Lipinski definition) is 2. The number of carbonyl (C=O) groups is 1. The summed E-state index contributed by atoms with van der Waals surface area (Å²) in [4.78, 5) is 29.3. The van der Waals surface area contributed by atoms with Crippen LogP contribution in [-0.4, -0.2) is 65.4 Å². The van der Waals surface area contributed by atoms with Gasteiger partial charge in [-0.25, -0.2) is 0 Å². The van der Waals surface area contributed by atoms with Crippen LogP contribution in [0, 0.1) is 6.92 Å². The molecule has 8 nitrogen and oxygen atoms in total. The van der Waals surface area contributed by atoms with Crippen LogP contribution in [0.1, 0.15) is 24.1 Å². The van der Waals surface area contributed by atoms with Crippen LogP contribution in [-0.2, 0) is 16.0 Å². The quantitative estimate of drug-likeness (QED) is 0.630. The Balaban J connectivity index is 1.44. The van der Waals surface area contributed by atoms with Crippen LogP contribution in [0.25, 0.3) is 11.4 Å². The van der Waals surface area contributed by atoms with E-state index in [2.05, 4.69) is 25.4 Å². The van der Waals surface area contributed by atoms with E-state index in [1.54, 1.807) is 6.07 Å². The molecular formula is C20H26ClN5O3. The molecule has 1 aromatic heterocycles. The lowest BCUT2D eigenvalue weighted by molar-refractivity contribution is -0.121. The Labute approximate surface area is 174 Å². The average Bonchev–Trinajstić information content (AvgIpc) is 2.73. The van der Waals surface area contributed by atoms with Crippen molar-refractivity contribution in [2.24, 2.45) is 0 Å². The molecule has 0 spiro atoms. The highest BCUT2D eigenvalue weighted by molar-refractivity contribution is 6.31. The van der Waals surface area contributed by atoms with E-state index in [0.717, 1.165) is 44.8 Å². The molecule has 2 aromatic rings. The molecule has 0 atom stereocenters. The number of nitrogens with one attached hydrogen (secondary N) is 2. The van der Waals surface area contributed by atoms with E-state index >= 15 is 0 Å². The number of aromatic amines is 1. The minimum Gasteiger partial charge on any atom is -0.379 e. The second-order valence-corrected chi connectivity index (χ2v) is 7.48. The van der Waals surface area contributed by atoms with Gasteiger partial charge in [-0.2, -0.15) is 0 Å². The number of benzene rings is 1. The third-order valence-corrected chi connectivity index (χ3v) is 5.28. The molecule has 0 aliphatic carbocycles. The van der Waals surface area contributed by atoms with E-state index in [1.807, 2.05) is 19.1 Å². The van der Waals surface area contributed by atoms with E-state index in [1.165, 1.54) is 0 Å². The fourth-order valence-electron chi connectivity index (χ4n) is 3.07. The van der Waals surface area contributed by atoms with Gasteiger partial charge >= 0.3 is 0 Å². The molecule has 0 unspecified atom stereocenters. The number of amides is 1. The first-order valence-corrected chi connectivity index (χ1v) is 10.2. The number of ether oxygens (including phenoxy) is 1. The molecule has 0 bridgehead atoms. The minimum atomic E-state index is -0.341. The molecule has 29 heavy (non-hydrogen) atoms. The zero-order valence-corrected chi connectivity index (χ0v) is 17.3. The summed E-state index contributed by atoms with van der Waals surface area (Å²) in [7, 11) is 0. The van der Waals surface area contributed by atoms with E-state index in [4.69, 9.17) is 16.3 Å². The van der Waals surface area contributed by atoms with Gasteiger partial charge in [0.25, 0.3) is 5.56 Å². The third-order valence-electron chi connectivity index (χ3n) is 4.88. The van der Waals surface area contributed by atoms with Crippen molar-refractivity contribution in [2.45, 2.75) is 26.2 Å². The Morgan fingerprint density at radius 1 is 1.31 bits per heavy atom. The van der Waals surface area contributed by atoms with Gasteiger partial charge in [0.05, 0.1) is 13.2 Å². The van der Waals surface area contributed by atoms with Gasteiger partial charge < -0.3 is 15.0 Å². The highest BCUT2D eigenvalue weighted by Crippen LogP contribution is 2.21. The molecule has 0 saturated carbocycles. The monoisotopic (exact) mass is 419 g/mol. The van der Waals surface area contributed by atoms with Crippen molar-refractivity contribution in [1.29, 1.82) is 0 Å². The van der Waals surface area contributed by atoms with Gasteiger partial charge in [-0.15, -0.1) is 10.2 Å². The van der Waals surface area contributed by atoms with Gasteiger partial charge in [-0.1, -0.05) is 23.7 Å². The van der Waals surface area contributed by atoms with Crippen molar-refractivity contribution >= 4 is 17.5 Å². The van der Waals surface area contributed by atoms with Crippen LogP contribution in [0.15, 0.2) is 23.0 Å². The number of morpholine rings is 1. The molecular weight excluding hydrogens is 394 g/mol. The largest absolute Gasteiger partial charge is 0.379 e. The highest BCUT2D eigenvalue weighted by Gasteiger charge is 2.11. The fraction of sp³-hybridized carbons (Fsp3) is 0.500. The van der Waals surface area contributed by atoms with Gasteiger partial charge in [0.2, 0.25) is 5.91 Å². The Morgan fingerprint density at radius 2 is 2.10 bits per heavy atom. The number of aryl methyl sites for hydroxylation is 2. The molecule has 1 aliphatic rings. The van der Waals surface area contributed by atoms with E-state index in [9.17, 15) is 9.59 Å². The van der Waals surface area contributed by atoms with Crippen LogP contribution in [0.5, 0.6) is 0 Å². The molecule has 0 radical (unpaired) electrons. The van der Waals surface area contributed by atoms with Crippen molar-refractivity contribution in [1.82, 2.24) is 25.4 Å². The Hall–Kier alpha value is -2.29. The second-order valence-electron chi connectivity index (χ2n) is 7.07. The SMILES string of the molecule is Cc1ccc(-c2nnc(CCC(=O)NCCCN3CCOCC3)c(=O)[nH]2)cc1Cl. The summed E-state index contributed by atoms with van der Waals surface area (Å²) < 4.78 is 5.31. The topological polar surface area (TPSA) is 100 Å². The lowest BCUT2D eigenvalue weighted by Crippen LogP contribution is -2.38. The van der Waals surface area contributed by atoms with Gasteiger partial charge in [0.1, 0.15) is 5.69 Å². The fourth-order valence-corrected chi connectivity index (χ4v) is 3.25. The first-order valence-electron chi connectivity index (χ1n) is 9.82. The van der Waals surface area contributed by atoms with Crippen LogP contribution < -0.4 is 10.9 Å². The molecule has 2 heterocycles. The Morgan fingerprint density at radius 3 is 2.83 bits per heavy atom. The Kier molecular flexibility index (Phi) is 7.74. The van der Waals surface area contributed by atoms with Crippen LogP contribution in [0.4, 0.5) is 0 Å². The average molecular weight is 420 g/mol. The number of carbonyl (C=O) groups excluding carboxylic acids is 1. The summed E-state index contributed by atoms with van der Waals surface area (Å²) in [6.45, 7) is 6.90. The van der Waals surface area contributed by atoms with Gasteiger partial charge in [0, 0.05) is 43.1 Å². The van der Waals surface area contributed by atoms with Crippen molar-refractivity contribution < 1.29 is 9.53 Å². The lowest BCUT2D eigenvalue weighted by Gasteiger charge is -2.26. The normalized spacial score (nSPS) is 14.7. The second kappa shape index (κ2) is 10.5. The molecule has 1 fully saturated rings. The van der Waals surface area contributed by atoms with E-state index < -0.39 is 0 Å². The molecule has 2 N–H and O–H groups in total. The Bertz CT molecular complexity index is 896. The van der Waals surface area contributed by atoms with Crippen molar-refractivity contribution in [3.8, 4) is 11.4 Å². The molecule has 1 saturated heterocycles. The summed E-state index contributed by atoms with van der Waals surface area (Å²) >= 11 is 6.12. The third kappa shape index (κ3) is 6.35. The van der Waals surface area contributed by atoms with Gasteiger partial charge in [-0.05, 0) is 31.5 Å². The van der Waals surface area contributed by atoms with Crippen LogP contribution >= 0.6 is 11.6 Å². The maximum Gasteiger partial charge on any atom is 0.273 e. The first kappa shape index (κ1) is 21.4. The maximum atomic E-state index is 12.3. The predicted molar refractivity (Wildman–Crippen MR) is 111 cm³/mol. The standard InChI is InChI=1S/C20H26ClN5O3/c1-14-3-4-15(13-16(14)21)19-23-20(28)17(24-25-19)5-6-18(27)22-7-2-8-26-9-11-29-12-10-26/h3-4,13H,2,5-12H2,1H3,(H,22,27)(H,23,25,28). The minimum absolute atomic E-state index is 0.0948. The van der Waals surface area contributed by atoms with E-state index in [0.29, 0.717) is 23.0 Å². The van der Waals surface area contributed by atoms with E-state index in [-0.39, 0.29) is 30.0 Å². The summed E-state index contributed by atoms with van der Waals surface area (Å²) in [5.41, 5.74) is 1.54. The lowest BCUT2D eigenvalue weighted by atomic mass is 10.1. The molecule has 1 aliphatic heterocycles. The summed E-state index contributed by atoms with van der Waals surface area (Å²) in [6.07, 6.45) is 1.33. The number of H-pyrrole nitrogens is 1. The maximum absolute atomic E-state index is 12.3. The highest BCUT2D eigenvalue weighted by atomic mass is 35.5. The molecule has 9 heteroatoms. The number of nitrogens with zero attached hydrogens (tertiary/aromatic N) is 3. The molecule has 1 aromatic carbocycles. The number of hydrogen-bond acceptors (Lipinski definition) is 6. The number of rotatable bonds is 8. The van der Waals surface area contributed by atoms with Gasteiger partial charge in [0.15, 0.2) is 5.82 Å². The van der Waals surface area contributed by atoms with Crippen LogP contribution in [0.3, 0.4) is 0 Å². The predicted octanol–water partition coefficient (Wildman–Crippen LogP) is 1.56. The van der Waals surface area contributed by atoms with Crippen LogP contribution in [0.2, 0.25) is 5.02 Å². The van der Waals surface area contributed by atoms with Crippen molar-refractivity contribution in [3.63, 3.8) is 0 Å². The zero-order valence-electron chi connectivity index (χ0n) is 16.5. The van der Waals surface area contributed by atoms with Crippen molar-refractivity contribution in [3.05, 3.63) is 44.8 Å². The molecule has 1 amide bonds. The smallest absolute Gasteiger partial charge is 0.273 e. The van der Waals surface area contributed by atoms with Crippen molar-refractivity contribution in [2.75, 3.05) is 39.4 Å². The summed E-state index contributed by atoms with van der Waals surface area (Å²) in [5, 5.41) is 11.6. The summed E-state index contributed by atoms with van der Waals surface area (Å²) in [5.74, 6) is 0.260. The number of aromatic nitrogens is 3. The number of halogens is 1. The zero-order chi connectivity index (χ0) is 20.6. The first-order chi connectivity index (χ1) is 14.0.